The second kappa shape index (κ2) is 1.69. The Morgan fingerprint density at radius 3 is 2.75 bits per heavy atom. The third kappa shape index (κ3) is 0.782. The van der Waals surface area contributed by atoms with Gasteiger partial charge in [0.25, 0.3) is 0 Å². The lowest BCUT2D eigenvalue weighted by atomic mass is 10.0. The van der Waals surface area contributed by atoms with Crippen LogP contribution in [0.3, 0.4) is 0 Å². The molecule has 0 saturated carbocycles. The van der Waals surface area contributed by atoms with Gasteiger partial charge in [0.1, 0.15) is 0 Å². The van der Waals surface area contributed by atoms with Gasteiger partial charge in [0.05, 0.1) is 5.54 Å². The van der Waals surface area contributed by atoms with Gasteiger partial charge in [-0.05, 0) is 19.4 Å². The van der Waals surface area contributed by atoms with Crippen LogP contribution in [0.4, 0.5) is 0 Å². The number of nitrogens with zero attached hydrogens (tertiary/aromatic N) is 2. The highest BCUT2D eigenvalue weighted by Crippen LogP contribution is 2.21. The summed E-state index contributed by atoms with van der Waals surface area (Å²) in [7, 11) is 0. The first-order valence-corrected chi connectivity index (χ1v) is 2.66. The monoisotopic (exact) mass is 109 g/mol. The minimum absolute atomic E-state index is 0.0972. The van der Waals surface area contributed by atoms with Crippen LogP contribution in [0.25, 0.3) is 0 Å². The van der Waals surface area contributed by atoms with Crippen LogP contribution < -0.4 is 0 Å². The highest BCUT2D eigenvalue weighted by molar-refractivity contribution is 5.07. The molecule has 43 valence electrons. The van der Waals surface area contributed by atoms with Crippen LogP contribution in [-0.2, 0) is 0 Å². The Morgan fingerprint density at radius 1 is 1.75 bits per heavy atom. The van der Waals surface area contributed by atoms with E-state index < -0.39 is 0 Å². The fourth-order valence-electron chi connectivity index (χ4n) is 0.526. The third-order valence-corrected chi connectivity index (χ3v) is 1.29. The van der Waals surface area contributed by atoms with Gasteiger partial charge in [0.15, 0.2) is 0 Å². The minimum Gasteiger partial charge on any atom is -0.179 e. The maximum atomic E-state index is 3.94. The maximum absolute atomic E-state index is 3.94. The molecule has 0 aliphatic carbocycles. The van der Waals surface area contributed by atoms with E-state index in [1.165, 1.54) is 0 Å². The smallest absolute Gasteiger partial charge is 0.0990 e. The second-order valence-electron chi connectivity index (χ2n) is 2.14. The van der Waals surface area contributed by atoms with Crippen LogP contribution in [0.5, 0.6) is 0 Å². The second-order valence-corrected chi connectivity index (χ2v) is 2.14. The summed E-state index contributed by atoms with van der Waals surface area (Å²) >= 11 is 0. The van der Waals surface area contributed by atoms with Gasteiger partial charge in [-0.3, -0.25) is 0 Å². The average Bonchev–Trinajstić information content (AvgIpc) is 2.17. The van der Waals surface area contributed by atoms with Gasteiger partial charge < -0.3 is 0 Å². The van der Waals surface area contributed by atoms with Crippen molar-refractivity contribution in [1.29, 1.82) is 0 Å². The lowest BCUT2D eigenvalue weighted by molar-refractivity contribution is 0.586. The van der Waals surface area contributed by atoms with E-state index >= 15 is 0 Å². The van der Waals surface area contributed by atoms with Crippen LogP contribution in [0.15, 0.2) is 22.5 Å². The Bertz CT molecular complexity index is 123. The normalized spacial score (nSPS) is 34.2. The van der Waals surface area contributed by atoms with Gasteiger partial charge in [-0.1, -0.05) is 6.92 Å². The van der Waals surface area contributed by atoms with Gasteiger partial charge in [0, 0.05) is 6.20 Å². The summed E-state index contributed by atoms with van der Waals surface area (Å²) in [6.45, 7) is 5.74. The number of azo groups is 1. The standard InChI is InChI=1S/C6H9N2/c1-3-6(2)4-5-7-8-6/h4-5H,1,3H2,2H3. The molecular weight excluding hydrogens is 100 g/mol. The predicted octanol–water partition coefficient (Wildman–Crippen LogP) is 1.95. The van der Waals surface area contributed by atoms with Gasteiger partial charge in [-0.15, -0.1) is 0 Å². The molecule has 1 radical (unpaired) electrons. The van der Waals surface area contributed by atoms with E-state index in [2.05, 4.69) is 17.2 Å². The van der Waals surface area contributed by atoms with Crippen molar-refractivity contribution in [1.82, 2.24) is 0 Å². The van der Waals surface area contributed by atoms with Crippen molar-refractivity contribution in [3.05, 3.63) is 19.2 Å². The van der Waals surface area contributed by atoms with Crippen LogP contribution in [0, 0.1) is 6.92 Å². The first kappa shape index (κ1) is 5.48. The Morgan fingerprint density at radius 2 is 2.50 bits per heavy atom. The summed E-state index contributed by atoms with van der Waals surface area (Å²) in [4.78, 5) is 0. The SMILES string of the molecule is [CH2]CC1(C)C=CN=N1. The molecule has 0 fully saturated rings. The molecule has 0 amide bonds. The topological polar surface area (TPSA) is 24.7 Å². The van der Waals surface area contributed by atoms with E-state index in [0.717, 1.165) is 6.42 Å². The van der Waals surface area contributed by atoms with Gasteiger partial charge in [-0.25, -0.2) is 0 Å². The molecule has 0 aromatic carbocycles. The lowest BCUT2D eigenvalue weighted by Gasteiger charge is -2.10. The first-order valence-electron chi connectivity index (χ1n) is 2.66. The third-order valence-electron chi connectivity index (χ3n) is 1.29. The van der Waals surface area contributed by atoms with Crippen molar-refractivity contribution in [3.8, 4) is 0 Å². The molecule has 1 unspecified atom stereocenters. The lowest BCUT2D eigenvalue weighted by Crippen LogP contribution is -2.13. The Labute approximate surface area is 49.3 Å². The number of hydrogen-bond donors (Lipinski definition) is 0. The largest absolute Gasteiger partial charge is 0.179 e. The summed E-state index contributed by atoms with van der Waals surface area (Å²) in [6.07, 6.45) is 4.46. The molecule has 1 rings (SSSR count). The van der Waals surface area contributed by atoms with Crippen molar-refractivity contribution in [2.45, 2.75) is 18.9 Å². The van der Waals surface area contributed by atoms with Crippen LogP contribution in [-0.4, -0.2) is 5.54 Å². The van der Waals surface area contributed by atoms with Crippen LogP contribution in [0.1, 0.15) is 13.3 Å². The summed E-state index contributed by atoms with van der Waals surface area (Å²) in [5.41, 5.74) is -0.0972. The zero-order chi connectivity index (χ0) is 6.04. The van der Waals surface area contributed by atoms with Crippen molar-refractivity contribution >= 4 is 0 Å². The fraction of sp³-hybridized carbons (Fsp3) is 0.500. The highest BCUT2D eigenvalue weighted by Gasteiger charge is 2.19. The molecule has 0 aromatic heterocycles. The van der Waals surface area contributed by atoms with E-state index in [9.17, 15) is 0 Å². The Balaban J connectivity index is 2.69. The van der Waals surface area contributed by atoms with Gasteiger partial charge in [0.2, 0.25) is 0 Å². The molecule has 0 bridgehead atoms. The minimum atomic E-state index is -0.0972. The zero-order valence-electron chi connectivity index (χ0n) is 4.96. The summed E-state index contributed by atoms with van der Waals surface area (Å²) in [6, 6.07) is 0. The summed E-state index contributed by atoms with van der Waals surface area (Å²) in [5, 5.41) is 7.65. The van der Waals surface area contributed by atoms with Gasteiger partial charge >= 0.3 is 0 Å². The van der Waals surface area contributed by atoms with E-state index in [4.69, 9.17) is 0 Å². The van der Waals surface area contributed by atoms with Crippen molar-refractivity contribution in [3.63, 3.8) is 0 Å². The van der Waals surface area contributed by atoms with Crippen molar-refractivity contribution in [2.24, 2.45) is 10.2 Å². The summed E-state index contributed by atoms with van der Waals surface area (Å²) in [5.74, 6) is 0. The van der Waals surface area contributed by atoms with Crippen LogP contribution >= 0.6 is 0 Å². The molecule has 2 heteroatoms. The molecular formula is C6H9N2. The molecule has 0 aromatic rings. The quantitative estimate of drug-likeness (QED) is 0.491. The predicted molar refractivity (Wildman–Crippen MR) is 32.4 cm³/mol. The fourth-order valence-corrected chi connectivity index (χ4v) is 0.526. The average molecular weight is 109 g/mol. The molecule has 1 aliphatic heterocycles. The molecule has 0 N–H and O–H groups in total. The van der Waals surface area contributed by atoms with Crippen LogP contribution in [0.2, 0.25) is 0 Å². The number of hydrogen-bond acceptors (Lipinski definition) is 2. The molecule has 8 heavy (non-hydrogen) atoms. The van der Waals surface area contributed by atoms with E-state index in [0.29, 0.717) is 0 Å². The molecule has 0 spiro atoms. The molecule has 1 aliphatic rings. The molecule has 2 nitrogen and oxygen atoms in total. The Hall–Kier alpha value is -0.660. The zero-order valence-corrected chi connectivity index (χ0v) is 4.96. The molecule has 1 heterocycles. The maximum Gasteiger partial charge on any atom is 0.0990 e. The Kier molecular flexibility index (Phi) is 1.16. The van der Waals surface area contributed by atoms with Gasteiger partial charge in [-0.2, -0.15) is 10.2 Å². The molecule has 0 saturated heterocycles. The number of rotatable bonds is 1. The first-order chi connectivity index (χ1) is 3.77. The summed E-state index contributed by atoms with van der Waals surface area (Å²) < 4.78 is 0. The van der Waals surface area contributed by atoms with Crippen molar-refractivity contribution in [2.75, 3.05) is 0 Å². The van der Waals surface area contributed by atoms with E-state index in [-0.39, 0.29) is 5.54 Å². The van der Waals surface area contributed by atoms with E-state index in [1.807, 2.05) is 13.0 Å². The van der Waals surface area contributed by atoms with Crippen molar-refractivity contribution < 1.29 is 0 Å². The molecule has 1 atom stereocenters. The highest BCUT2D eigenvalue weighted by atomic mass is 15.2. The van der Waals surface area contributed by atoms with E-state index in [1.54, 1.807) is 6.20 Å².